The summed E-state index contributed by atoms with van der Waals surface area (Å²) in [5, 5.41) is 3.42. The number of aromatic amines is 1. The van der Waals surface area contributed by atoms with Crippen molar-refractivity contribution in [3.8, 4) is 0 Å². The van der Waals surface area contributed by atoms with Gasteiger partial charge in [-0.1, -0.05) is 12.5 Å². The lowest BCUT2D eigenvalue weighted by Gasteiger charge is -2.43. The maximum absolute atomic E-state index is 14.2. The molecule has 1 aromatic carbocycles. The van der Waals surface area contributed by atoms with E-state index in [-0.39, 0.29) is 17.2 Å². The van der Waals surface area contributed by atoms with Gasteiger partial charge in [-0.2, -0.15) is 0 Å². The van der Waals surface area contributed by atoms with Crippen LogP contribution in [-0.4, -0.2) is 34.0 Å². The minimum absolute atomic E-state index is 0.158. The number of hydrogen-bond donors (Lipinski definition) is 1. The molecule has 4 rings (SSSR count). The number of carbonyl (C=O) groups excluding carboxylic acids is 1. The van der Waals surface area contributed by atoms with Gasteiger partial charge in [-0.05, 0) is 35.0 Å². The number of hydrogen-bond acceptors (Lipinski definition) is 4. The van der Waals surface area contributed by atoms with Gasteiger partial charge in [0.2, 0.25) is 5.82 Å². The minimum atomic E-state index is -0.794. The topological polar surface area (TPSA) is 79.2 Å². The molecule has 6 nitrogen and oxygen atoms in total. The van der Waals surface area contributed by atoms with Crippen molar-refractivity contribution in [3.05, 3.63) is 51.8 Å². The summed E-state index contributed by atoms with van der Waals surface area (Å²) in [6.07, 6.45) is 2.78. The number of nitrogens with one attached hydrogen (secondary N) is 1. The fourth-order valence-corrected chi connectivity index (χ4v) is 3.95. The summed E-state index contributed by atoms with van der Waals surface area (Å²) in [6.45, 7) is 0.762. The van der Waals surface area contributed by atoms with E-state index in [1.165, 1.54) is 12.1 Å². The highest BCUT2D eigenvalue weighted by Crippen LogP contribution is 2.56. The molecule has 8 heteroatoms. The van der Waals surface area contributed by atoms with Crippen molar-refractivity contribution in [3.63, 3.8) is 0 Å². The second-order valence-electron chi connectivity index (χ2n) is 6.56. The second kappa shape index (κ2) is 5.25. The molecule has 1 aliphatic carbocycles. The predicted octanol–water partition coefficient (Wildman–Crippen LogP) is 2.05. The van der Waals surface area contributed by atoms with Gasteiger partial charge in [-0.15, -0.1) is 0 Å². The molecule has 1 N–H and O–H groups in total. The molecule has 24 heavy (non-hydrogen) atoms. The Balaban J connectivity index is 1.65. The third-order valence-electron chi connectivity index (χ3n) is 5.27. The Hall–Kier alpha value is -2.51. The third kappa shape index (κ3) is 2.24. The summed E-state index contributed by atoms with van der Waals surface area (Å²) in [6, 6.07) is 3.58. The van der Waals surface area contributed by atoms with Gasteiger partial charge in [-0.3, -0.25) is 14.3 Å². The van der Waals surface area contributed by atoms with E-state index in [1.54, 1.807) is 4.90 Å². The van der Waals surface area contributed by atoms with Crippen molar-refractivity contribution in [1.29, 1.82) is 0 Å². The Morgan fingerprint density at radius 2 is 2.17 bits per heavy atom. The number of H-pyrrole nitrogens is 1. The molecule has 0 bridgehead atoms. The van der Waals surface area contributed by atoms with Crippen LogP contribution in [0.1, 0.15) is 41.4 Å². The molecule has 1 aromatic heterocycles. The van der Waals surface area contributed by atoms with Gasteiger partial charge in [0.25, 0.3) is 5.91 Å². The summed E-state index contributed by atoms with van der Waals surface area (Å²) in [4.78, 5) is 27.3. The lowest BCUT2D eigenvalue weighted by Crippen LogP contribution is -2.38. The zero-order valence-electron chi connectivity index (χ0n) is 12.7. The first kappa shape index (κ1) is 15.0. The van der Waals surface area contributed by atoms with Crippen molar-refractivity contribution in [2.45, 2.75) is 25.2 Å². The number of amides is 1. The Kier molecular flexibility index (Phi) is 3.29. The van der Waals surface area contributed by atoms with Crippen LogP contribution < -0.4 is 5.76 Å². The maximum atomic E-state index is 14.2. The first-order valence-electron chi connectivity index (χ1n) is 7.79. The molecule has 2 aliphatic rings. The lowest BCUT2D eigenvalue weighted by molar-refractivity contribution is 0.0710. The zero-order valence-corrected chi connectivity index (χ0v) is 12.7. The van der Waals surface area contributed by atoms with E-state index in [0.717, 1.165) is 25.3 Å². The van der Waals surface area contributed by atoms with Crippen LogP contribution in [0.15, 0.2) is 27.5 Å². The van der Waals surface area contributed by atoms with E-state index >= 15 is 0 Å². The highest BCUT2D eigenvalue weighted by atomic mass is 19.1. The van der Waals surface area contributed by atoms with Crippen LogP contribution in [0, 0.1) is 17.0 Å². The van der Waals surface area contributed by atoms with Crippen LogP contribution in [-0.2, 0) is 0 Å². The molecule has 1 aliphatic heterocycles. The molecule has 1 atom stereocenters. The fourth-order valence-electron chi connectivity index (χ4n) is 3.95. The van der Waals surface area contributed by atoms with Gasteiger partial charge >= 0.3 is 5.76 Å². The molecule has 2 fully saturated rings. The molecule has 0 radical (unpaired) electrons. The van der Waals surface area contributed by atoms with E-state index < -0.39 is 23.3 Å². The van der Waals surface area contributed by atoms with Crippen LogP contribution in [0.4, 0.5) is 8.78 Å². The summed E-state index contributed by atoms with van der Waals surface area (Å²) in [5.41, 5.74) is 0.235. The average Bonchev–Trinajstić information content (AvgIpc) is 3.10. The monoisotopic (exact) mass is 335 g/mol. The SMILES string of the molecule is O=C(c1noc(=O)[nH]1)N1CC(c2ccc(F)cc2F)C2(CCC2)C1. The first-order chi connectivity index (χ1) is 11.5. The molecule has 2 aromatic rings. The zero-order chi connectivity index (χ0) is 16.9. The number of rotatable bonds is 2. The molecule has 126 valence electrons. The number of carbonyl (C=O) groups is 1. The summed E-state index contributed by atoms with van der Waals surface area (Å²) in [5.74, 6) is -2.81. The van der Waals surface area contributed by atoms with E-state index in [9.17, 15) is 18.4 Å². The summed E-state index contributed by atoms with van der Waals surface area (Å²) < 4.78 is 31.8. The maximum Gasteiger partial charge on any atom is 0.439 e. The Morgan fingerprint density at radius 1 is 1.38 bits per heavy atom. The van der Waals surface area contributed by atoms with Crippen molar-refractivity contribution >= 4 is 5.91 Å². The average molecular weight is 335 g/mol. The van der Waals surface area contributed by atoms with Crippen LogP contribution in [0.3, 0.4) is 0 Å². The smallest absolute Gasteiger partial charge is 0.335 e. The number of halogens is 2. The molecule has 1 saturated carbocycles. The van der Waals surface area contributed by atoms with Crippen LogP contribution in [0.25, 0.3) is 0 Å². The molecule has 1 spiro atoms. The lowest BCUT2D eigenvalue weighted by atomic mass is 9.61. The first-order valence-corrected chi connectivity index (χ1v) is 7.79. The quantitative estimate of drug-likeness (QED) is 0.911. The van der Waals surface area contributed by atoms with Gasteiger partial charge in [0.1, 0.15) is 11.6 Å². The van der Waals surface area contributed by atoms with E-state index in [4.69, 9.17) is 0 Å². The predicted molar refractivity (Wildman–Crippen MR) is 78.4 cm³/mol. The van der Waals surface area contributed by atoms with Gasteiger partial charge < -0.3 is 4.90 Å². The Labute approximate surface area is 135 Å². The highest BCUT2D eigenvalue weighted by molar-refractivity contribution is 5.90. The molecular formula is C16H15F2N3O3. The second-order valence-corrected chi connectivity index (χ2v) is 6.56. The third-order valence-corrected chi connectivity index (χ3v) is 5.27. The Bertz CT molecular complexity index is 856. The molecule has 1 saturated heterocycles. The van der Waals surface area contributed by atoms with Crippen LogP contribution in [0.5, 0.6) is 0 Å². The molecule has 1 unspecified atom stereocenters. The van der Waals surface area contributed by atoms with Crippen molar-refractivity contribution in [1.82, 2.24) is 15.0 Å². The molecule has 2 heterocycles. The summed E-state index contributed by atoms with van der Waals surface area (Å²) >= 11 is 0. The van der Waals surface area contributed by atoms with Crippen LogP contribution in [0.2, 0.25) is 0 Å². The number of benzene rings is 1. The number of nitrogens with zero attached hydrogens (tertiary/aromatic N) is 2. The summed E-state index contributed by atoms with van der Waals surface area (Å²) in [7, 11) is 0. The van der Waals surface area contributed by atoms with Crippen molar-refractivity contribution in [2.75, 3.05) is 13.1 Å². The normalized spacial score (nSPS) is 21.9. The van der Waals surface area contributed by atoms with Gasteiger partial charge in [0.05, 0.1) is 0 Å². The van der Waals surface area contributed by atoms with Gasteiger partial charge in [0.15, 0.2) is 0 Å². The van der Waals surface area contributed by atoms with E-state index in [0.29, 0.717) is 18.7 Å². The fraction of sp³-hybridized carbons (Fsp3) is 0.438. The van der Waals surface area contributed by atoms with Crippen molar-refractivity contribution < 1.29 is 18.1 Å². The minimum Gasteiger partial charge on any atom is -0.335 e. The number of aromatic nitrogens is 2. The van der Waals surface area contributed by atoms with Gasteiger partial charge in [0, 0.05) is 25.1 Å². The molecular weight excluding hydrogens is 320 g/mol. The number of likely N-dealkylation sites (tertiary alicyclic amines) is 1. The van der Waals surface area contributed by atoms with Crippen LogP contribution >= 0.6 is 0 Å². The van der Waals surface area contributed by atoms with E-state index in [2.05, 4.69) is 14.7 Å². The van der Waals surface area contributed by atoms with Gasteiger partial charge in [-0.25, -0.2) is 13.6 Å². The molecule has 1 amide bonds. The highest BCUT2D eigenvalue weighted by Gasteiger charge is 2.52. The van der Waals surface area contributed by atoms with E-state index in [1.807, 2.05) is 0 Å². The standard InChI is InChI=1S/C16H15F2N3O3/c17-9-2-3-10(12(18)6-9)11-7-21(8-16(11)4-1-5-16)14(22)13-19-15(23)24-20-13/h2-3,6,11H,1,4-5,7-8H2,(H,19,20,23). The largest absolute Gasteiger partial charge is 0.439 e. The Morgan fingerprint density at radius 3 is 2.75 bits per heavy atom. The van der Waals surface area contributed by atoms with Crippen molar-refractivity contribution in [2.24, 2.45) is 5.41 Å².